The summed E-state index contributed by atoms with van der Waals surface area (Å²) in [7, 11) is 0. The first-order chi connectivity index (χ1) is 14.1. The van der Waals surface area contributed by atoms with E-state index < -0.39 is 5.97 Å². The van der Waals surface area contributed by atoms with Gasteiger partial charge in [0, 0.05) is 17.6 Å². The Morgan fingerprint density at radius 3 is 2.48 bits per heavy atom. The van der Waals surface area contributed by atoms with Gasteiger partial charge in [0.2, 0.25) is 0 Å². The van der Waals surface area contributed by atoms with Crippen molar-refractivity contribution in [3.63, 3.8) is 0 Å². The molecular weight excluding hydrogens is 456 g/mol. The van der Waals surface area contributed by atoms with E-state index in [0.717, 1.165) is 28.3 Å². The van der Waals surface area contributed by atoms with Crippen LogP contribution in [0.3, 0.4) is 0 Å². The summed E-state index contributed by atoms with van der Waals surface area (Å²) in [5, 5.41) is 0.726. The molecule has 2 heterocycles. The van der Waals surface area contributed by atoms with Crippen molar-refractivity contribution in [2.45, 2.75) is 0 Å². The molecule has 148 valence electrons. The van der Waals surface area contributed by atoms with E-state index in [1.165, 1.54) is 11.8 Å². The normalized spacial score (nSPS) is 18.1. The SMILES string of the molecule is O=C1N=C(N2CCOCC2)SC1=Cc1ccc(OC(=O)c2ccc(Br)cc2)cc1. The van der Waals surface area contributed by atoms with E-state index in [9.17, 15) is 9.59 Å². The molecule has 0 unspecified atom stereocenters. The highest BCUT2D eigenvalue weighted by molar-refractivity contribution is 9.10. The Labute approximate surface area is 180 Å². The van der Waals surface area contributed by atoms with Crippen LogP contribution in [0.5, 0.6) is 5.75 Å². The summed E-state index contributed by atoms with van der Waals surface area (Å²) in [4.78, 5) is 31.2. The lowest BCUT2D eigenvalue weighted by atomic mass is 10.2. The van der Waals surface area contributed by atoms with Crippen molar-refractivity contribution >= 4 is 50.8 Å². The predicted octanol–water partition coefficient (Wildman–Crippen LogP) is 3.97. The van der Waals surface area contributed by atoms with Crippen LogP contribution in [0.4, 0.5) is 0 Å². The molecule has 0 spiro atoms. The Balaban J connectivity index is 1.40. The van der Waals surface area contributed by atoms with Crippen molar-refractivity contribution in [3.8, 4) is 5.75 Å². The first-order valence-corrected chi connectivity index (χ1v) is 10.6. The Morgan fingerprint density at radius 2 is 1.79 bits per heavy atom. The topological polar surface area (TPSA) is 68.2 Å². The smallest absolute Gasteiger partial charge is 0.343 e. The van der Waals surface area contributed by atoms with E-state index in [-0.39, 0.29) is 5.91 Å². The monoisotopic (exact) mass is 472 g/mol. The van der Waals surface area contributed by atoms with Crippen molar-refractivity contribution in [3.05, 3.63) is 69.0 Å². The van der Waals surface area contributed by atoms with Gasteiger partial charge in [0.25, 0.3) is 5.91 Å². The number of aliphatic imine (C=N–C) groups is 1. The molecule has 6 nitrogen and oxygen atoms in total. The van der Waals surface area contributed by atoms with Crippen LogP contribution < -0.4 is 4.74 Å². The van der Waals surface area contributed by atoms with Crippen molar-refractivity contribution in [1.82, 2.24) is 4.90 Å². The standard InChI is InChI=1S/C21H17BrN2O4S/c22-16-5-3-15(4-6-16)20(26)28-17-7-1-14(2-8-17)13-18-19(25)23-21(29-18)24-9-11-27-12-10-24/h1-8,13H,9-12H2. The maximum absolute atomic E-state index is 12.2. The maximum Gasteiger partial charge on any atom is 0.343 e. The lowest BCUT2D eigenvalue weighted by Gasteiger charge is -2.27. The predicted molar refractivity (Wildman–Crippen MR) is 116 cm³/mol. The number of rotatable bonds is 3. The fraction of sp³-hybridized carbons (Fsp3) is 0.190. The van der Waals surface area contributed by atoms with Crippen molar-refractivity contribution in [2.24, 2.45) is 4.99 Å². The number of morpholine rings is 1. The number of carbonyl (C=O) groups excluding carboxylic acids is 2. The summed E-state index contributed by atoms with van der Waals surface area (Å²) in [6.07, 6.45) is 1.80. The number of thioether (sulfide) groups is 1. The van der Waals surface area contributed by atoms with E-state index in [2.05, 4.69) is 25.8 Å². The van der Waals surface area contributed by atoms with Gasteiger partial charge in [-0.25, -0.2) is 4.79 Å². The summed E-state index contributed by atoms with van der Waals surface area (Å²) in [6, 6.07) is 14.0. The van der Waals surface area contributed by atoms with E-state index in [1.54, 1.807) is 54.6 Å². The summed E-state index contributed by atoms with van der Waals surface area (Å²) < 4.78 is 11.6. The molecule has 2 aromatic carbocycles. The molecule has 2 aliphatic heterocycles. The number of amidine groups is 1. The van der Waals surface area contributed by atoms with Crippen molar-refractivity contribution in [2.75, 3.05) is 26.3 Å². The number of amides is 1. The summed E-state index contributed by atoms with van der Waals surface area (Å²) in [6.45, 7) is 2.77. The van der Waals surface area contributed by atoms with Gasteiger partial charge in [0.05, 0.1) is 23.7 Å². The highest BCUT2D eigenvalue weighted by atomic mass is 79.9. The zero-order valence-corrected chi connectivity index (χ0v) is 17.7. The third kappa shape index (κ3) is 4.95. The molecule has 2 aliphatic rings. The molecular formula is C21H17BrN2O4S. The van der Waals surface area contributed by atoms with Gasteiger partial charge in [-0.3, -0.25) is 4.79 Å². The lowest BCUT2D eigenvalue weighted by molar-refractivity contribution is -0.113. The van der Waals surface area contributed by atoms with E-state index in [0.29, 0.717) is 29.4 Å². The molecule has 0 aliphatic carbocycles. The van der Waals surface area contributed by atoms with E-state index in [4.69, 9.17) is 9.47 Å². The molecule has 8 heteroatoms. The van der Waals surface area contributed by atoms with Gasteiger partial charge in [-0.05, 0) is 59.8 Å². The van der Waals surface area contributed by atoms with Crippen LogP contribution in [0, 0.1) is 0 Å². The van der Waals surface area contributed by atoms with E-state index >= 15 is 0 Å². The Kier molecular flexibility index (Phi) is 6.13. The first kappa shape index (κ1) is 19.9. The molecule has 0 bridgehead atoms. The first-order valence-electron chi connectivity index (χ1n) is 9.01. The average Bonchev–Trinajstić information content (AvgIpc) is 3.11. The van der Waals surface area contributed by atoms with E-state index in [1.807, 2.05) is 0 Å². The molecule has 1 saturated heterocycles. The molecule has 0 radical (unpaired) electrons. The van der Waals surface area contributed by atoms with Gasteiger partial charge in [-0.1, -0.05) is 28.1 Å². The number of hydrogen-bond donors (Lipinski definition) is 0. The molecule has 0 N–H and O–H groups in total. The number of benzene rings is 2. The number of ether oxygens (including phenoxy) is 2. The van der Waals surface area contributed by atoms with Gasteiger partial charge < -0.3 is 14.4 Å². The van der Waals surface area contributed by atoms with Crippen molar-refractivity contribution in [1.29, 1.82) is 0 Å². The van der Waals surface area contributed by atoms with Gasteiger partial charge in [0.1, 0.15) is 5.75 Å². The zero-order valence-electron chi connectivity index (χ0n) is 15.3. The minimum absolute atomic E-state index is 0.234. The second-order valence-corrected chi connectivity index (χ2v) is 8.30. The van der Waals surface area contributed by atoms with Gasteiger partial charge >= 0.3 is 5.97 Å². The van der Waals surface area contributed by atoms with Crippen LogP contribution in [-0.2, 0) is 9.53 Å². The second kappa shape index (κ2) is 8.94. The third-order valence-corrected chi connectivity index (χ3v) is 5.93. The van der Waals surface area contributed by atoms with Gasteiger partial charge in [0.15, 0.2) is 5.17 Å². The number of esters is 1. The number of carbonyl (C=O) groups is 2. The molecule has 0 atom stereocenters. The Morgan fingerprint density at radius 1 is 1.10 bits per heavy atom. The average molecular weight is 473 g/mol. The van der Waals surface area contributed by atoms with Crippen LogP contribution in [-0.4, -0.2) is 48.2 Å². The second-order valence-electron chi connectivity index (χ2n) is 6.38. The minimum atomic E-state index is -0.423. The summed E-state index contributed by atoms with van der Waals surface area (Å²) in [5.41, 5.74) is 1.31. The fourth-order valence-electron chi connectivity index (χ4n) is 2.82. The molecule has 1 fully saturated rings. The van der Waals surface area contributed by atoms with Crippen LogP contribution >= 0.6 is 27.7 Å². The molecule has 0 saturated carbocycles. The van der Waals surface area contributed by atoms with Gasteiger partial charge in [-0.2, -0.15) is 4.99 Å². The third-order valence-electron chi connectivity index (χ3n) is 4.36. The lowest BCUT2D eigenvalue weighted by Crippen LogP contribution is -2.38. The number of halogens is 1. The molecule has 4 rings (SSSR count). The van der Waals surface area contributed by atoms with Crippen LogP contribution in [0.25, 0.3) is 6.08 Å². The highest BCUT2D eigenvalue weighted by Gasteiger charge is 2.27. The largest absolute Gasteiger partial charge is 0.423 e. The molecule has 29 heavy (non-hydrogen) atoms. The molecule has 2 aromatic rings. The van der Waals surface area contributed by atoms with Gasteiger partial charge in [-0.15, -0.1) is 0 Å². The van der Waals surface area contributed by atoms with Crippen LogP contribution in [0.15, 0.2) is 62.9 Å². The summed E-state index contributed by atoms with van der Waals surface area (Å²) >= 11 is 4.71. The summed E-state index contributed by atoms with van der Waals surface area (Å²) in [5.74, 6) is -0.216. The van der Waals surface area contributed by atoms with Crippen molar-refractivity contribution < 1.29 is 19.1 Å². The zero-order chi connectivity index (χ0) is 20.2. The number of hydrogen-bond acceptors (Lipinski definition) is 6. The quantitative estimate of drug-likeness (QED) is 0.382. The Bertz CT molecular complexity index is 981. The molecule has 0 aromatic heterocycles. The molecule has 1 amide bonds. The highest BCUT2D eigenvalue weighted by Crippen LogP contribution is 2.31. The van der Waals surface area contributed by atoms with Crippen LogP contribution in [0.2, 0.25) is 0 Å². The maximum atomic E-state index is 12.2. The fourth-order valence-corrected chi connectivity index (χ4v) is 4.05. The Hall–Kier alpha value is -2.42. The minimum Gasteiger partial charge on any atom is -0.423 e. The van der Waals surface area contributed by atoms with Crippen LogP contribution in [0.1, 0.15) is 15.9 Å². The number of nitrogens with zero attached hydrogens (tertiary/aromatic N) is 2.